The molecule has 0 atom stereocenters. The standard InChI is InChI=1S/C10H22N2O/c1-3-9-12(2)10(13)7-5-4-6-8-11/h3-9,11H2,1-2H3. The van der Waals surface area contributed by atoms with E-state index >= 15 is 0 Å². The zero-order chi connectivity index (χ0) is 10.1. The lowest BCUT2D eigenvalue weighted by Crippen LogP contribution is -2.26. The number of amides is 1. The molecule has 3 heteroatoms. The Kier molecular flexibility index (Phi) is 7.69. The number of rotatable bonds is 7. The summed E-state index contributed by atoms with van der Waals surface area (Å²) in [6, 6.07) is 0. The van der Waals surface area contributed by atoms with Gasteiger partial charge in [-0.05, 0) is 25.8 Å². The van der Waals surface area contributed by atoms with Gasteiger partial charge < -0.3 is 10.6 Å². The lowest BCUT2D eigenvalue weighted by molar-refractivity contribution is -0.130. The molecule has 0 aliphatic rings. The highest BCUT2D eigenvalue weighted by atomic mass is 16.2. The Morgan fingerprint density at radius 3 is 2.54 bits per heavy atom. The van der Waals surface area contributed by atoms with Crippen molar-refractivity contribution in [2.45, 2.75) is 39.0 Å². The molecule has 3 nitrogen and oxygen atoms in total. The molecule has 78 valence electrons. The maximum Gasteiger partial charge on any atom is 0.222 e. The predicted octanol–water partition coefficient (Wildman–Crippen LogP) is 1.37. The summed E-state index contributed by atoms with van der Waals surface area (Å²) in [5, 5.41) is 0. The van der Waals surface area contributed by atoms with Crippen molar-refractivity contribution >= 4 is 5.91 Å². The van der Waals surface area contributed by atoms with Crippen LogP contribution in [0, 0.1) is 0 Å². The van der Waals surface area contributed by atoms with Gasteiger partial charge in [0.2, 0.25) is 5.91 Å². The van der Waals surface area contributed by atoms with Gasteiger partial charge in [0.1, 0.15) is 0 Å². The summed E-state index contributed by atoms with van der Waals surface area (Å²) in [5.41, 5.74) is 5.36. The van der Waals surface area contributed by atoms with Gasteiger partial charge >= 0.3 is 0 Å². The molecular formula is C10H22N2O. The van der Waals surface area contributed by atoms with Crippen molar-refractivity contribution in [3.63, 3.8) is 0 Å². The minimum absolute atomic E-state index is 0.263. The Morgan fingerprint density at radius 1 is 1.31 bits per heavy atom. The van der Waals surface area contributed by atoms with E-state index in [9.17, 15) is 4.79 Å². The second-order valence-corrected chi connectivity index (χ2v) is 3.41. The number of unbranched alkanes of at least 4 members (excludes halogenated alkanes) is 2. The molecule has 0 aliphatic carbocycles. The first-order valence-electron chi connectivity index (χ1n) is 5.16. The van der Waals surface area contributed by atoms with Gasteiger partial charge in [-0.25, -0.2) is 0 Å². The van der Waals surface area contributed by atoms with Crippen molar-refractivity contribution in [3.8, 4) is 0 Å². The molecule has 0 fully saturated rings. The first-order chi connectivity index (χ1) is 6.22. The monoisotopic (exact) mass is 186 g/mol. The van der Waals surface area contributed by atoms with E-state index in [1.165, 1.54) is 0 Å². The summed E-state index contributed by atoms with van der Waals surface area (Å²) in [5.74, 6) is 0.263. The maximum atomic E-state index is 11.4. The van der Waals surface area contributed by atoms with Crippen LogP contribution in [0.2, 0.25) is 0 Å². The lowest BCUT2D eigenvalue weighted by Gasteiger charge is -2.15. The van der Waals surface area contributed by atoms with Crippen molar-refractivity contribution in [3.05, 3.63) is 0 Å². The summed E-state index contributed by atoms with van der Waals surface area (Å²) in [7, 11) is 1.87. The van der Waals surface area contributed by atoms with Crippen LogP contribution in [0.5, 0.6) is 0 Å². The number of nitrogens with two attached hydrogens (primary N) is 1. The molecule has 0 aromatic heterocycles. The summed E-state index contributed by atoms with van der Waals surface area (Å²) in [6.07, 6.45) is 4.79. The number of nitrogens with zero attached hydrogens (tertiary/aromatic N) is 1. The zero-order valence-corrected chi connectivity index (χ0v) is 8.88. The molecule has 0 aromatic rings. The van der Waals surface area contributed by atoms with E-state index in [4.69, 9.17) is 5.73 Å². The second-order valence-electron chi connectivity index (χ2n) is 3.41. The van der Waals surface area contributed by atoms with Crippen LogP contribution >= 0.6 is 0 Å². The quantitative estimate of drug-likeness (QED) is 0.610. The van der Waals surface area contributed by atoms with Gasteiger partial charge in [-0.1, -0.05) is 13.3 Å². The molecule has 0 saturated heterocycles. The van der Waals surface area contributed by atoms with Crippen LogP contribution in [0.15, 0.2) is 0 Å². The lowest BCUT2D eigenvalue weighted by atomic mass is 10.2. The molecule has 0 aliphatic heterocycles. The first-order valence-corrected chi connectivity index (χ1v) is 5.16. The van der Waals surface area contributed by atoms with Gasteiger partial charge in [-0.2, -0.15) is 0 Å². The van der Waals surface area contributed by atoms with Crippen LogP contribution in [0.4, 0.5) is 0 Å². The van der Waals surface area contributed by atoms with Crippen molar-refractivity contribution in [1.82, 2.24) is 4.90 Å². The average molecular weight is 186 g/mol. The Labute approximate surface area is 81.3 Å². The Hall–Kier alpha value is -0.570. The molecule has 0 spiro atoms. The van der Waals surface area contributed by atoms with Crippen LogP contribution in [0.3, 0.4) is 0 Å². The van der Waals surface area contributed by atoms with Crippen LogP contribution in [-0.2, 0) is 4.79 Å². The first kappa shape index (κ1) is 12.4. The topological polar surface area (TPSA) is 46.3 Å². The largest absolute Gasteiger partial charge is 0.346 e. The summed E-state index contributed by atoms with van der Waals surface area (Å²) >= 11 is 0. The number of hydrogen-bond donors (Lipinski definition) is 1. The molecule has 13 heavy (non-hydrogen) atoms. The maximum absolute atomic E-state index is 11.4. The van der Waals surface area contributed by atoms with E-state index in [1.54, 1.807) is 0 Å². The third-order valence-corrected chi connectivity index (χ3v) is 2.08. The van der Waals surface area contributed by atoms with Gasteiger partial charge in [0.05, 0.1) is 0 Å². The molecule has 1 amide bonds. The molecule has 0 aromatic carbocycles. The smallest absolute Gasteiger partial charge is 0.222 e. The molecular weight excluding hydrogens is 164 g/mol. The number of carbonyl (C=O) groups excluding carboxylic acids is 1. The third kappa shape index (κ3) is 6.58. The Bertz CT molecular complexity index is 137. The SMILES string of the molecule is CCCN(C)C(=O)CCCCCN. The van der Waals surface area contributed by atoms with E-state index in [1.807, 2.05) is 11.9 Å². The minimum atomic E-state index is 0.263. The van der Waals surface area contributed by atoms with E-state index < -0.39 is 0 Å². The fraction of sp³-hybridized carbons (Fsp3) is 0.900. The van der Waals surface area contributed by atoms with E-state index in [0.29, 0.717) is 6.42 Å². The molecule has 2 N–H and O–H groups in total. The Morgan fingerprint density at radius 2 is 2.00 bits per heavy atom. The minimum Gasteiger partial charge on any atom is -0.346 e. The molecule has 0 unspecified atom stereocenters. The van der Waals surface area contributed by atoms with Crippen LogP contribution in [-0.4, -0.2) is 30.9 Å². The van der Waals surface area contributed by atoms with Crippen molar-refractivity contribution in [2.24, 2.45) is 5.73 Å². The fourth-order valence-electron chi connectivity index (χ4n) is 1.25. The molecule has 0 saturated carbocycles. The number of carbonyl (C=O) groups is 1. The van der Waals surface area contributed by atoms with Gasteiger partial charge in [0, 0.05) is 20.0 Å². The molecule has 0 bridgehead atoms. The predicted molar refractivity (Wildman–Crippen MR) is 55.5 cm³/mol. The van der Waals surface area contributed by atoms with Crippen LogP contribution in [0.25, 0.3) is 0 Å². The number of hydrogen-bond acceptors (Lipinski definition) is 2. The summed E-state index contributed by atoms with van der Waals surface area (Å²) in [6.45, 7) is 3.69. The normalized spacial score (nSPS) is 10.1. The highest BCUT2D eigenvalue weighted by Gasteiger charge is 2.05. The third-order valence-electron chi connectivity index (χ3n) is 2.08. The highest BCUT2D eigenvalue weighted by molar-refractivity contribution is 5.75. The average Bonchev–Trinajstić information content (AvgIpc) is 2.12. The molecule has 0 heterocycles. The van der Waals surface area contributed by atoms with Crippen LogP contribution in [0.1, 0.15) is 39.0 Å². The summed E-state index contributed by atoms with van der Waals surface area (Å²) < 4.78 is 0. The second kappa shape index (κ2) is 8.05. The Balaban J connectivity index is 3.38. The van der Waals surface area contributed by atoms with Crippen molar-refractivity contribution in [2.75, 3.05) is 20.1 Å². The van der Waals surface area contributed by atoms with Gasteiger partial charge in [-0.15, -0.1) is 0 Å². The van der Waals surface area contributed by atoms with E-state index in [0.717, 1.165) is 38.8 Å². The van der Waals surface area contributed by atoms with Crippen molar-refractivity contribution < 1.29 is 4.79 Å². The van der Waals surface area contributed by atoms with Gasteiger partial charge in [0.25, 0.3) is 0 Å². The van der Waals surface area contributed by atoms with Crippen LogP contribution < -0.4 is 5.73 Å². The van der Waals surface area contributed by atoms with E-state index in [2.05, 4.69) is 6.92 Å². The molecule has 0 rings (SSSR count). The molecule has 0 radical (unpaired) electrons. The van der Waals surface area contributed by atoms with E-state index in [-0.39, 0.29) is 5.91 Å². The van der Waals surface area contributed by atoms with Gasteiger partial charge in [-0.3, -0.25) is 4.79 Å². The van der Waals surface area contributed by atoms with Crippen molar-refractivity contribution in [1.29, 1.82) is 0 Å². The van der Waals surface area contributed by atoms with Gasteiger partial charge in [0.15, 0.2) is 0 Å². The highest BCUT2D eigenvalue weighted by Crippen LogP contribution is 2.01. The zero-order valence-electron chi connectivity index (χ0n) is 8.88. The summed E-state index contributed by atoms with van der Waals surface area (Å²) in [4.78, 5) is 13.2. The fourth-order valence-corrected chi connectivity index (χ4v) is 1.25.